The Morgan fingerprint density at radius 2 is 2.00 bits per heavy atom. The maximum absolute atomic E-state index is 13.1. The molecular formula is C14H12ClFN2O2. The lowest BCUT2D eigenvalue weighted by Crippen LogP contribution is -2.07. The highest BCUT2D eigenvalue weighted by atomic mass is 35.5. The van der Waals surface area contributed by atoms with Crippen LogP contribution in [0.4, 0.5) is 15.8 Å². The van der Waals surface area contributed by atoms with Crippen molar-refractivity contribution in [1.82, 2.24) is 0 Å². The normalized spacial score (nSPS) is 10.3. The van der Waals surface area contributed by atoms with Crippen molar-refractivity contribution in [1.29, 1.82) is 0 Å². The van der Waals surface area contributed by atoms with Crippen LogP contribution >= 0.6 is 11.6 Å². The zero-order chi connectivity index (χ0) is 14.5. The minimum atomic E-state index is -0.412. The topological polar surface area (TPSA) is 55.2 Å². The van der Waals surface area contributed by atoms with E-state index < -0.39 is 4.92 Å². The predicted octanol–water partition coefficient (Wildman–Crippen LogP) is 4.04. The molecule has 0 aliphatic rings. The van der Waals surface area contributed by atoms with Gasteiger partial charge < -0.3 is 5.32 Å². The smallest absolute Gasteiger partial charge is 0.272 e. The molecule has 2 rings (SSSR count). The monoisotopic (exact) mass is 294 g/mol. The molecule has 0 amide bonds. The molecule has 0 unspecified atom stereocenters. The van der Waals surface area contributed by atoms with Gasteiger partial charge in [0.25, 0.3) is 5.69 Å². The number of anilines is 1. The van der Waals surface area contributed by atoms with Crippen molar-refractivity contribution in [3.63, 3.8) is 0 Å². The molecule has 0 radical (unpaired) electrons. The first-order chi connectivity index (χ1) is 9.58. The van der Waals surface area contributed by atoms with E-state index in [0.717, 1.165) is 0 Å². The van der Waals surface area contributed by atoms with Gasteiger partial charge in [-0.15, -0.1) is 0 Å². The van der Waals surface area contributed by atoms with Crippen LogP contribution in [0.2, 0.25) is 5.02 Å². The summed E-state index contributed by atoms with van der Waals surface area (Å²) in [6.07, 6.45) is 0.448. The third-order valence-corrected chi connectivity index (χ3v) is 3.16. The summed E-state index contributed by atoms with van der Waals surface area (Å²) >= 11 is 5.92. The van der Waals surface area contributed by atoms with Gasteiger partial charge in [-0.2, -0.15) is 0 Å². The lowest BCUT2D eigenvalue weighted by Gasteiger charge is -2.08. The van der Waals surface area contributed by atoms with Gasteiger partial charge in [0.15, 0.2) is 0 Å². The summed E-state index contributed by atoms with van der Waals surface area (Å²) in [4.78, 5) is 10.5. The molecular weight excluding hydrogens is 283 g/mol. The maximum atomic E-state index is 13.1. The van der Waals surface area contributed by atoms with Crippen molar-refractivity contribution in [3.05, 3.63) is 69.0 Å². The predicted molar refractivity (Wildman–Crippen MR) is 76.7 cm³/mol. The van der Waals surface area contributed by atoms with E-state index >= 15 is 0 Å². The summed E-state index contributed by atoms with van der Waals surface area (Å²) in [6.45, 7) is 0.425. The van der Waals surface area contributed by atoms with E-state index in [-0.39, 0.29) is 11.5 Å². The molecule has 20 heavy (non-hydrogen) atoms. The zero-order valence-corrected chi connectivity index (χ0v) is 11.2. The van der Waals surface area contributed by atoms with Gasteiger partial charge in [-0.1, -0.05) is 29.8 Å². The van der Waals surface area contributed by atoms with Crippen LogP contribution in [0.25, 0.3) is 0 Å². The lowest BCUT2D eigenvalue weighted by molar-refractivity contribution is -0.385. The van der Waals surface area contributed by atoms with Crippen molar-refractivity contribution in [2.45, 2.75) is 6.42 Å². The van der Waals surface area contributed by atoms with Gasteiger partial charge in [-0.25, -0.2) is 4.39 Å². The van der Waals surface area contributed by atoms with E-state index in [1.165, 1.54) is 24.3 Å². The number of nitrogens with zero attached hydrogens (tertiary/aromatic N) is 1. The van der Waals surface area contributed by atoms with Gasteiger partial charge in [0.05, 0.1) is 15.6 Å². The minimum absolute atomic E-state index is 0.0830. The summed E-state index contributed by atoms with van der Waals surface area (Å²) < 4.78 is 13.1. The second-order valence-electron chi connectivity index (χ2n) is 4.19. The minimum Gasteiger partial charge on any atom is -0.383 e. The number of rotatable bonds is 5. The van der Waals surface area contributed by atoms with E-state index in [4.69, 9.17) is 11.6 Å². The Labute approximate surface area is 120 Å². The first-order valence-electron chi connectivity index (χ1n) is 5.99. The second-order valence-corrected chi connectivity index (χ2v) is 4.59. The van der Waals surface area contributed by atoms with Gasteiger partial charge in [-0.05, 0) is 24.6 Å². The fourth-order valence-electron chi connectivity index (χ4n) is 1.87. The van der Waals surface area contributed by atoms with E-state index in [1.54, 1.807) is 18.2 Å². The Bertz CT molecular complexity index is 634. The SMILES string of the molecule is O=[N+]([O-])c1ccccc1CCNc1cc(F)ccc1Cl. The molecule has 1 N–H and O–H groups in total. The number of nitro benzene ring substituents is 1. The van der Waals surface area contributed by atoms with E-state index in [2.05, 4.69) is 5.32 Å². The van der Waals surface area contributed by atoms with E-state index in [0.29, 0.717) is 29.2 Å². The number of hydrogen-bond acceptors (Lipinski definition) is 3. The molecule has 0 atom stereocenters. The van der Waals surface area contributed by atoms with Crippen LogP contribution in [0, 0.1) is 15.9 Å². The molecule has 0 heterocycles. The number of benzene rings is 2. The molecule has 2 aromatic rings. The first-order valence-corrected chi connectivity index (χ1v) is 6.37. The summed E-state index contributed by atoms with van der Waals surface area (Å²) in [6, 6.07) is 10.6. The number of halogens is 2. The lowest BCUT2D eigenvalue weighted by atomic mass is 10.1. The zero-order valence-electron chi connectivity index (χ0n) is 10.5. The standard InChI is InChI=1S/C14H12ClFN2O2/c15-12-6-5-11(16)9-13(12)17-8-7-10-3-1-2-4-14(10)18(19)20/h1-6,9,17H,7-8H2. The van der Waals surface area contributed by atoms with Crippen LogP contribution in [0.15, 0.2) is 42.5 Å². The fourth-order valence-corrected chi connectivity index (χ4v) is 2.05. The average molecular weight is 295 g/mol. The average Bonchev–Trinajstić information content (AvgIpc) is 2.43. The number of hydrogen-bond donors (Lipinski definition) is 1. The molecule has 0 aromatic heterocycles. The van der Waals surface area contributed by atoms with Crippen molar-refractivity contribution in [2.24, 2.45) is 0 Å². The third-order valence-electron chi connectivity index (χ3n) is 2.83. The molecule has 4 nitrogen and oxygen atoms in total. The Morgan fingerprint density at radius 1 is 1.25 bits per heavy atom. The summed E-state index contributed by atoms with van der Waals surface area (Å²) in [7, 11) is 0. The number of nitrogens with one attached hydrogen (secondary N) is 1. The summed E-state index contributed by atoms with van der Waals surface area (Å²) in [5, 5.41) is 14.3. The molecule has 104 valence electrons. The van der Waals surface area contributed by atoms with Gasteiger partial charge in [0.1, 0.15) is 5.82 Å². The molecule has 2 aromatic carbocycles. The van der Waals surface area contributed by atoms with Crippen molar-refractivity contribution in [2.75, 3.05) is 11.9 Å². The van der Waals surface area contributed by atoms with Crippen LogP contribution in [-0.2, 0) is 6.42 Å². The largest absolute Gasteiger partial charge is 0.383 e. The van der Waals surface area contributed by atoms with Gasteiger partial charge in [0.2, 0.25) is 0 Å². The van der Waals surface area contributed by atoms with Crippen molar-refractivity contribution < 1.29 is 9.31 Å². The second kappa shape index (κ2) is 6.34. The summed E-state index contributed by atoms with van der Waals surface area (Å²) in [5.74, 6) is -0.386. The molecule has 0 aliphatic heterocycles. The van der Waals surface area contributed by atoms with Crippen molar-refractivity contribution in [3.8, 4) is 0 Å². The fraction of sp³-hybridized carbons (Fsp3) is 0.143. The maximum Gasteiger partial charge on any atom is 0.272 e. The summed E-state index contributed by atoms with van der Waals surface area (Å²) in [5.41, 5.74) is 1.18. The Morgan fingerprint density at radius 3 is 2.75 bits per heavy atom. The van der Waals surface area contributed by atoms with Gasteiger partial charge in [0, 0.05) is 18.2 Å². The third kappa shape index (κ3) is 3.45. The van der Waals surface area contributed by atoms with Gasteiger partial charge in [-0.3, -0.25) is 10.1 Å². The Hall–Kier alpha value is -2.14. The van der Waals surface area contributed by atoms with Crippen LogP contribution in [0.3, 0.4) is 0 Å². The molecule has 0 saturated heterocycles. The molecule has 0 bridgehead atoms. The first kappa shape index (κ1) is 14.3. The Balaban J connectivity index is 2.03. The highest BCUT2D eigenvalue weighted by Crippen LogP contribution is 2.23. The Kier molecular flexibility index (Phi) is 4.53. The van der Waals surface area contributed by atoms with Crippen molar-refractivity contribution >= 4 is 23.0 Å². The molecule has 0 saturated carbocycles. The highest BCUT2D eigenvalue weighted by molar-refractivity contribution is 6.33. The van der Waals surface area contributed by atoms with E-state index in [1.807, 2.05) is 0 Å². The van der Waals surface area contributed by atoms with Gasteiger partial charge >= 0.3 is 0 Å². The van der Waals surface area contributed by atoms with Crippen LogP contribution in [-0.4, -0.2) is 11.5 Å². The molecule has 0 fully saturated rings. The molecule has 0 aliphatic carbocycles. The molecule has 0 spiro atoms. The van der Waals surface area contributed by atoms with Crippen LogP contribution < -0.4 is 5.32 Å². The quantitative estimate of drug-likeness (QED) is 0.669. The van der Waals surface area contributed by atoms with E-state index in [9.17, 15) is 14.5 Å². The number of nitro groups is 1. The number of para-hydroxylation sites is 1. The van der Waals surface area contributed by atoms with Crippen LogP contribution in [0.1, 0.15) is 5.56 Å². The highest BCUT2D eigenvalue weighted by Gasteiger charge is 2.11. The molecule has 6 heteroatoms. The van der Waals surface area contributed by atoms with Crippen LogP contribution in [0.5, 0.6) is 0 Å².